The van der Waals surface area contributed by atoms with E-state index in [0.29, 0.717) is 25.2 Å². The number of H-pyrrole nitrogens is 1. The van der Waals surface area contributed by atoms with Gasteiger partial charge in [-0.2, -0.15) is 0 Å². The monoisotopic (exact) mass is 460 g/mol. The van der Waals surface area contributed by atoms with Gasteiger partial charge in [-0.3, -0.25) is 14.4 Å². The maximum atomic E-state index is 13.0. The van der Waals surface area contributed by atoms with Gasteiger partial charge in [0.05, 0.1) is 5.56 Å². The van der Waals surface area contributed by atoms with E-state index in [1.165, 1.54) is 25.1 Å². The molecule has 0 spiro atoms. The lowest BCUT2D eigenvalue weighted by Gasteiger charge is -2.22. The molecule has 0 radical (unpaired) electrons. The third kappa shape index (κ3) is 7.21. The summed E-state index contributed by atoms with van der Waals surface area (Å²) in [6, 6.07) is 11.0. The summed E-state index contributed by atoms with van der Waals surface area (Å²) in [4.78, 5) is 42.0. The molecule has 0 unspecified atom stereocenters. The molecule has 1 saturated heterocycles. The van der Waals surface area contributed by atoms with E-state index >= 15 is 0 Å². The summed E-state index contributed by atoms with van der Waals surface area (Å²) in [7, 11) is 0. The van der Waals surface area contributed by atoms with Gasteiger partial charge in [-0.05, 0) is 63.2 Å². The number of nitrogens with zero attached hydrogens (tertiary/aromatic N) is 1. The first kappa shape index (κ1) is 25.6. The third-order valence-corrected chi connectivity index (χ3v) is 5.81. The Labute approximate surface area is 195 Å². The summed E-state index contributed by atoms with van der Waals surface area (Å²) in [5.41, 5.74) is 0.775. The molecule has 2 heterocycles. The van der Waals surface area contributed by atoms with Crippen molar-refractivity contribution in [3.8, 4) is 0 Å². The van der Waals surface area contributed by atoms with Gasteiger partial charge in [0.1, 0.15) is 5.56 Å². The Kier molecular flexibility index (Phi) is 10.4. The molecule has 32 heavy (non-hydrogen) atoms. The maximum Gasteiger partial charge on any atom is 0.260 e. The van der Waals surface area contributed by atoms with Crippen molar-refractivity contribution in [2.75, 3.05) is 26.2 Å². The van der Waals surface area contributed by atoms with Gasteiger partial charge in [0, 0.05) is 25.8 Å². The molecule has 0 aliphatic carbocycles. The van der Waals surface area contributed by atoms with E-state index in [4.69, 9.17) is 0 Å². The molecule has 174 valence electrons. The van der Waals surface area contributed by atoms with Crippen LogP contribution in [0.15, 0.2) is 47.4 Å². The van der Waals surface area contributed by atoms with Crippen LogP contribution in [0, 0.1) is 5.92 Å². The number of carbonyl (C=O) groups is 2. The fourth-order valence-corrected chi connectivity index (χ4v) is 3.94. The minimum Gasteiger partial charge on any atom is -0.352 e. The number of aromatic amines is 1. The number of nitrogens with one attached hydrogen (secondary N) is 3. The minimum atomic E-state index is -0.487. The number of rotatable bonds is 9. The topological polar surface area (TPSA) is 94.3 Å². The highest BCUT2D eigenvalue weighted by Gasteiger charge is 2.20. The van der Waals surface area contributed by atoms with Gasteiger partial charge in [-0.15, -0.1) is 12.4 Å². The highest BCUT2D eigenvalue weighted by atomic mass is 35.5. The van der Waals surface area contributed by atoms with Gasteiger partial charge in [0.25, 0.3) is 17.4 Å². The van der Waals surface area contributed by atoms with Crippen LogP contribution in [0.5, 0.6) is 0 Å². The second kappa shape index (κ2) is 13.0. The van der Waals surface area contributed by atoms with Crippen molar-refractivity contribution >= 4 is 24.2 Å². The molecule has 1 fully saturated rings. The van der Waals surface area contributed by atoms with Crippen LogP contribution in [0.3, 0.4) is 0 Å². The summed E-state index contributed by atoms with van der Waals surface area (Å²) in [5, 5.41) is 6.27. The Bertz CT molecular complexity index is 926. The van der Waals surface area contributed by atoms with Gasteiger partial charge in [-0.25, -0.2) is 0 Å². The molecule has 0 saturated carbocycles. The number of aromatic nitrogens is 1. The number of amides is 2. The van der Waals surface area contributed by atoms with Crippen LogP contribution in [-0.4, -0.2) is 47.9 Å². The standard InChI is InChI=1S/C24H32N4O3.ClH/c1-2-28(17-19-7-4-3-5-8-19)24(31)21-15-20(16-27-23(21)30)22(29)26-12-6-9-18-10-13-25-14-11-18;/h3-5,7-8,15-16,18,25H,2,6,9-14,17H2,1H3,(H,26,29)(H,27,30);1H. The zero-order valence-corrected chi connectivity index (χ0v) is 19.4. The molecule has 1 aliphatic rings. The van der Waals surface area contributed by atoms with Gasteiger partial charge >= 0.3 is 0 Å². The summed E-state index contributed by atoms with van der Waals surface area (Å²) in [6.07, 6.45) is 5.77. The lowest BCUT2D eigenvalue weighted by molar-refractivity contribution is 0.0750. The van der Waals surface area contributed by atoms with Crippen molar-refractivity contribution in [1.82, 2.24) is 20.5 Å². The molecule has 1 aliphatic heterocycles. The second-order valence-corrected chi connectivity index (χ2v) is 8.03. The molecular weight excluding hydrogens is 428 g/mol. The van der Waals surface area contributed by atoms with Crippen molar-refractivity contribution in [2.24, 2.45) is 5.92 Å². The molecule has 3 rings (SSSR count). The molecule has 7 nitrogen and oxygen atoms in total. The first-order valence-corrected chi connectivity index (χ1v) is 11.1. The smallest absolute Gasteiger partial charge is 0.260 e. The third-order valence-electron chi connectivity index (χ3n) is 5.81. The van der Waals surface area contributed by atoms with Crippen molar-refractivity contribution < 1.29 is 9.59 Å². The van der Waals surface area contributed by atoms with Crippen LogP contribution < -0.4 is 16.2 Å². The van der Waals surface area contributed by atoms with E-state index in [9.17, 15) is 14.4 Å². The van der Waals surface area contributed by atoms with Crippen molar-refractivity contribution in [1.29, 1.82) is 0 Å². The molecule has 2 aromatic rings. The summed E-state index contributed by atoms with van der Waals surface area (Å²) >= 11 is 0. The summed E-state index contributed by atoms with van der Waals surface area (Å²) < 4.78 is 0. The average molecular weight is 461 g/mol. The van der Waals surface area contributed by atoms with Crippen molar-refractivity contribution in [3.05, 3.63) is 69.6 Å². The molecule has 3 N–H and O–H groups in total. The van der Waals surface area contributed by atoms with Crippen molar-refractivity contribution in [3.63, 3.8) is 0 Å². The molecule has 2 amide bonds. The lowest BCUT2D eigenvalue weighted by Crippen LogP contribution is -2.35. The van der Waals surface area contributed by atoms with Gasteiger partial charge in [-0.1, -0.05) is 30.3 Å². The fraction of sp³-hybridized carbons (Fsp3) is 0.458. The zero-order chi connectivity index (χ0) is 22.1. The van der Waals surface area contributed by atoms with Crippen LogP contribution in [-0.2, 0) is 6.54 Å². The first-order valence-electron chi connectivity index (χ1n) is 11.1. The molecule has 0 atom stereocenters. The number of benzene rings is 1. The quantitative estimate of drug-likeness (QED) is 0.501. The Morgan fingerprint density at radius 3 is 2.56 bits per heavy atom. The molecule has 8 heteroatoms. The van der Waals surface area contributed by atoms with E-state index < -0.39 is 5.56 Å². The zero-order valence-electron chi connectivity index (χ0n) is 18.6. The average Bonchev–Trinajstić information content (AvgIpc) is 2.81. The van der Waals surface area contributed by atoms with Gasteiger partial charge in [0.2, 0.25) is 0 Å². The predicted octanol–water partition coefficient (Wildman–Crippen LogP) is 2.97. The van der Waals surface area contributed by atoms with E-state index in [2.05, 4.69) is 15.6 Å². The molecule has 0 bridgehead atoms. The SMILES string of the molecule is CCN(Cc1ccccc1)C(=O)c1cc(C(=O)NCCCC2CCNCC2)c[nH]c1=O.Cl. The van der Waals surface area contributed by atoms with Gasteiger partial charge < -0.3 is 20.5 Å². The lowest BCUT2D eigenvalue weighted by atomic mass is 9.93. The largest absolute Gasteiger partial charge is 0.352 e. The fourth-order valence-electron chi connectivity index (χ4n) is 3.94. The summed E-state index contributed by atoms with van der Waals surface area (Å²) in [5.74, 6) is 0.0648. The van der Waals surface area contributed by atoms with E-state index in [1.54, 1.807) is 4.90 Å². The maximum absolute atomic E-state index is 13.0. The molecular formula is C24H33ClN4O3. The highest BCUT2D eigenvalue weighted by Crippen LogP contribution is 2.17. The first-order chi connectivity index (χ1) is 15.1. The highest BCUT2D eigenvalue weighted by molar-refractivity contribution is 5.99. The van der Waals surface area contributed by atoms with Crippen LogP contribution in [0.2, 0.25) is 0 Å². The number of piperidine rings is 1. The van der Waals surface area contributed by atoms with E-state index in [-0.39, 0.29) is 29.8 Å². The number of pyridine rings is 1. The predicted molar refractivity (Wildman–Crippen MR) is 128 cm³/mol. The number of hydrogen-bond donors (Lipinski definition) is 3. The minimum absolute atomic E-state index is 0. The number of carbonyl (C=O) groups excluding carboxylic acids is 2. The molecule has 1 aromatic carbocycles. The number of halogens is 1. The van der Waals surface area contributed by atoms with Gasteiger partial charge in [0.15, 0.2) is 0 Å². The Hall–Kier alpha value is -2.64. The van der Waals surface area contributed by atoms with Crippen LogP contribution in [0.4, 0.5) is 0 Å². The van der Waals surface area contributed by atoms with Crippen LogP contribution in [0.1, 0.15) is 58.9 Å². The van der Waals surface area contributed by atoms with Crippen LogP contribution in [0.25, 0.3) is 0 Å². The normalized spacial score (nSPS) is 13.8. The van der Waals surface area contributed by atoms with Crippen LogP contribution >= 0.6 is 12.4 Å². The number of hydrogen-bond acceptors (Lipinski definition) is 4. The Morgan fingerprint density at radius 2 is 1.88 bits per heavy atom. The second-order valence-electron chi connectivity index (χ2n) is 8.03. The Morgan fingerprint density at radius 1 is 1.16 bits per heavy atom. The van der Waals surface area contributed by atoms with E-state index in [1.807, 2.05) is 37.3 Å². The van der Waals surface area contributed by atoms with E-state index in [0.717, 1.165) is 37.4 Å². The molecule has 1 aromatic heterocycles. The van der Waals surface area contributed by atoms with Crippen molar-refractivity contribution in [2.45, 2.75) is 39.2 Å². The summed E-state index contributed by atoms with van der Waals surface area (Å²) in [6.45, 7) is 5.46. The Balaban J connectivity index is 0.00000363.